The van der Waals surface area contributed by atoms with Gasteiger partial charge in [0.1, 0.15) is 5.82 Å². The Labute approximate surface area is 102 Å². The fraction of sp³-hybridized carbons (Fsp3) is 0.833. The molecule has 2 aliphatic heterocycles. The molecule has 1 aromatic heterocycles. The Bertz CT molecular complexity index is 361. The Balaban J connectivity index is 1.68. The number of anilines is 1. The molecular weight excluding hydrogens is 214 g/mol. The molecule has 2 saturated heterocycles. The highest BCUT2D eigenvalue weighted by Gasteiger charge is 2.35. The number of hydrogen-bond acceptors (Lipinski definition) is 4. The van der Waals surface area contributed by atoms with E-state index in [1.807, 2.05) is 0 Å². The summed E-state index contributed by atoms with van der Waals surface area (Å²) in [5.41, 5.74) is 0. The molecule has 0 radical (unpaired) electrons. The third-order valence-corrected chi connectivity index (χ3v) is 3.89. The Morgan fingerprint density at radius 3 is 3.18 bits per heavy atom. The zero-order valence-corrected chi connectivity index (χ0v) is 10.4. The van der Waals surface area contributed by atoms with E-state index in [-0.39, 0.29) is 0 Å². The molecule has 2 N–H and O–H groups in total. The van der Waals surface area contributed by atoms with E-state index in [0.29, 0.717) is 6.04 Å². The number of aryl methyl sites for hydroxylation is 1. The van der Waals surface area contributed by atoms with Gasteiger partial charge in [-0.2, -0.15) is 4.98 Å². The lowest BCUT2D eigenvalue weighted by atomic mass is 9.94. The van der Waals surface area contributed by atoms with Crippen LogP contribution in [-0.4, -0.2) is 40.9 Å². The van der Waals surface area contributed by atoms with Gasteiger partial charge in [-0.1, -0.05) is 6.92 Å². The summed E-state index contributed by atoms with van der Waals surface area (Å²) in [4.78, 5) is 6.89. The standard InChI is InChI=1S/C12H21N5/c1-2-4-11-14-12(16-15-11)17-7-9-5-3-6-13-10(9)8-17/h9-10,13H,2-8H2,1H3,(H,14,15,16). The van der Waals surface area contributed by atoms with Gasteiger partial charge in [-0.15, -0.1) is 5.10 Å². The van der Waals surface area contributed by atoms with Gasteiger partial charge in [-0.25, -0.2) is 0 Å². The molecular formula is C12H21N5. The van der Waals surface area contributed by atoms with Crippen LogP contribution in [0.2, 0.25) is 0 Å². The number of nitrogens with one attached hydrogen (secondary N) is 2. The molecule has 2 unspecified atom stereocenters. The van der Waals surface area contributed by atoms with Crippen LogP contribution in [0.4, 0.5) is 5.95 Å². The summed E-state index contributed by atoms with van der Waals surface area (Å²) in [7, 11) is 0. The monoisotopic (exact) mass is 235 g/mol. The fourth-order valence-corrected chi connectivity index (χ4v) is 2.99. The Morgan fingerprint density at radius 1 is 1.41 bits per heavy atom. The van der Waals surface area contributed by atoms with E-state index in [4.69, 9.17) is 0 Å². The van der Waals surface area contributed by atoms with E-state index in [2.05, 4.69) is 32.3 Å². The predicted octanol–water partition coefficient (Wildman–Crippen LogP) is 0.945. The summed E-state index contributed by atoms with van der Waals surface area (Å²) in [6.45, 7) is 5.51. The van der Waals surface area contributed by atoms with Crippen LogP contribution >= 0.6 is 0 Å². The SMILES string of the molecule is CCCc1nc(N2CC3CCCNC3C2)n[nH]1. The lowest BCUT2D eigenvalue weighted by molar-refractivity contribution is 0.340. The van der Waals surface area contributed by atoms with Crippen molar-refractivity contribution in [2.75, 3.05) is 24.5 Å². The van der Waals surface area contributed by atoms with Gasteiger partial charge in [0.15, 0.2) is 0 Å². The smallest absolute Gasteiger partial charge is 0.244 e. The predicted molar refractivity (Wildman–Crippen MR) is 67.1 cm³/mol. The third-order valence-electron chi connectivity index (χ3n) is 3.89. The first-order valence-electron chi connectivity index (χ1n) is 6.76. The highest BCUT2D eigenvalue weighted by atomic mass is 15.4. The molecule has 94 valence electrons. The van der Waals surface area contributed by atoms with E-state index in [9.17, 15) is 0 Å². The van der Waals surface area contributed by atoms with E-state index in [1.165, 1.54) is 19.4 Å². The van der Waals surface area contributed by atoms with Crippen molar-refractivity contribution in [3.63, 3.8) is 0 Å². The number of fused-ring (bicyclic) bond motifs is 1. The van der Waals surface area contributed by atoms with Gasteiger partial charge in [-0.3, -0.25) is 5.10 Å². The van der Waals surface area contributed by atoms with Crippen LogP contribution in [-0.2, 0) is 6.42 Å². The normalized spacial score (nSPS) is 28.4. The molecule has 2 fully saturated rings. The summed E-state index contributed by atoms with van der Waals surface area (Å²) in [5, 5.41) is 11.0. The number of hydrogen-bond donors (Lipinski definition) is 2. The van der Waals surface area contributed by atoms with E-state index >= 15 is 0 Å². The van der Waals surface area contributed by atoms with Crippen molar-refractivity contribution in [1.29, 1.82) is 0 Å². The first-order chi connectivity index (χ1) is 8.36. The van der Waals surface area contributed by atoms with Crippen LogP contribution in [0, 0.1) is 5.92 Å². The highest BCUT2D eigenvalue weighted by Crippen LogP contribution is 2.27. The molecule has 1 aromatic rings. The van der Waals surface area contributed by atoms with Crippen molar-refractivity contribution >= 4 is 5.95 Å². The van der Waals surface area contributed by atoms with Gasteiger partial charge < -0.3 is 10.2 Å². The highest BCUT2D eigenvalue weighted by molar-refractivity contribution is 5.32. The van der Waals surface area contributed by atoms with Crippen LogP contribution < -0.4 is 10.2 Å². The van der Waals surface area contributed by atoms with Crippen LogP contribution in [0.15, 0.2) is 0 Å². The van der Waals surface area contributed by atoms with E-state index in [0.717, 1.165) is 43.6 Å². The van der Waals surface area contributed by atoms with E-state index < -0.39 is 0 Å². The zero-order chi connectivity index (χ0) is 11.7. The van der Waals surface area contributed by atoms with Crippen molar-refractivity contribution in [2.45, 2.75) is 38.6 Å². The molecule has 0 aliphatic carbocycles. The van der Waals surface area contributed by atoms with Crippen molar-refractivity contribution in [1.82, 2.24) is 20.5 Å². The third kappa shape index (κ3) is 2.16. The van der Waals surface area contributed by atoms with Crippen molar-refractivity contribution in [3.05, 3.63) is 5.82 Å². The summed E-state index contributed by atoms with van der Waals surface area (Å²) < 4.78 is 0. The average molecular weight is 235 g/mol. The van der Waals surface area contributed by atoms with Crippen LogP contribution in [0.3, 0.4) is 0 Å². The second-order valence-electron chi connectivity index (χ2n) is 5.20. The molecule has 3 rings (SSSR count). The molecule has 17 heavy (non-hydrogen) atoms. The molecule has 3 heterocycles. The Hall–Kier alpha value is -1.10. The molecule has 0 aromatic carbocycles. The molecule has 0 amide bonds. The summed E-state index contributed by atoms with van der Waals surface area (Å²) in [6.07, 6.45) is 4.76. The number of nitrogens with zero attached hydrogens (tertiary/aromatic N) is 3. The molecule has 5 heteroatoms. The summed E-state index contributed by atoms with van der Waals surface area (Å²) in [6, 6.07) is 0.650. The van der Waals surface area contributed by atoms with E-state index in [1.54, 1.807) is 0 Å². The lowest BCUT2D eigenvalue weighted by Crippen LogP contribution is -2.40. The number of aromatic nitrogens is 3. The first kappa shape index (κ1) is 11.0. The van der Waals surface area contributed by atoms with Crippen LogP contribution in [0.25, 0.3) is 0 Å². The minimum atomic E-state index is 0.650. The Kier molecular flexibility index (Phi) is 3.01. The Morgan fingerprint density at radius 2 is 2.35 bits per heavy atom. The quantitative estimate of drug-likeness (QED) is 0.819. The maximum absolute atomic E-state index is 4.57. The van der Waals surface area contributed by atoms with Crippen LogP contribution in [0.1, 0.15) is 32.0 Å². The maximum Gasteiger partial charge on any atom is 0.244 e. The molecule has 0 saturated carbocycles. The number of aromatic amines is 1. The molecule has 0 bridgehead atoms. The molecule has 5 nitrogen and oxygen atoms in total. The van der Waals surface area contributed by atoms with Crippen molar-refractivity contribution in [2.24, 2.45) is 5.92 Å². The second-order valence-corrected chi connectivity index (χ2v) is 5.20. The van der Waals surface area contributed by atoms with Crippen molar-refractivity contribution in [3.8, 4) is 0 Å². The fourth-order valence-electron chi connectivity index (χ4n) is 2.99. The van der Waals surface area contributed by atoms with Gasteiger partial charge in [0.25, 0.3) is 0 Å². The summed E-state index contributed by atoms with van der Waals surface area (Å²) in [5.74, 6) is 2.70. The largest absolute Gasteiger partial charge is 0.338 e. The maximum atomic E-state index is 4.57. The zero-order valence-electron chi connectivity index (χ0n) is 10.4. The summed E-state index contributed by atoms with van der Waals surface area (Å²) >= 11 is 0. The van der Waals surface area contributed by atoms with Crippen molar-refractivity contribution < 1.29 is 0 Å². The minimum Gasteiger partial charge on any atom is -0.338 e. The van der Waals surface area contributed by atoms with Gasteiger partial charge >= 0.3 is 0 Å². The lowest BCUT2D eigenvalue weighted by Gasteiger charge is -2.24. The first-order valence-corrected chi connectivity index (χ1v) is 6.76. The van der Waals surface area contributed by atoms with Gasteiger partial charge in [0, 0.05) is 25.6 Å². The number of piperidine rings is 1. The number of H-pyrrole nitrogens is 1. The van der Waals surface area contributed by atoms with Gasteiger partial charge in [-0.05, 0) is 31.7 Å². The molecule has 0 spiro atoms. The molecule has 2 atom stereocenters. The average Bonchev–Trinajstić information content (AvgIpc) is 2.94. The minimum absolute atomic E-state index is 0.650. The molecule has 2 aliphatic rings. The second kappa shape index (κ2) is 4.64. The topological polar surface area (TPSA) is 56.8 Å². The van der Waals surface area contributed by atoms with Gasteiger partial charge in [0.2, 0.25) is 5.95 Å². The number of rotatable bonds is 3. The van der Waals surface area contributed by atoms with Crippen LogP contribution in [0.5, 0.6) is 0 Å². The van der Waals surface area contributed by atoms with Gasteiger partial charge in [0.05, 0.1) is 0 Å².